The fourth-order valence-corrected chi connectivity index (χ4v) is 1.12. The van der Waals surface area contributed by atoms with Crippen LogP contribution in [0, 0.1) is 11.6 Å². The van der Waals surface area contributed by atoms with E-state index in [1.54, 1.807) is 0 Å². The average molecular weight is 212 g/mol. The second-order valence-corrected chi connectivity index (χ2v) is 2.84. The molecule has 0 aliphatic rings. The Morgan fingerprint density at radius 2 is 2.08 bits per heavy atom. The van der Waals surface area contributed by atoms with Crippen LogP contribution in [0.15, 0.2) is 18.2 Å². The molecule has 0 heterocycles. The minimum Gasteiger partial charge on any atom is -0.276 e. The van der Waals surface area contributed by atoms with Gasteiger partial charge in [0.1, 0.15) is 11.5 Å². The van der Waals surface area contributed by atoms with Crippen molar-refractivity contribution < 1.29 is 14.0 Å². The van der Waals surface area contributed by atoms with Crippen molar-refractivity contribution in [3.05, 3.63) is 29.8 Å². The van der Waals surface area contributed by atoms with Crippen LogP contribution in [0.25, 0.3) is 0 Å². The summed E-state index contributed by atoms with van der Waals surface area (Å²) in [6.07, 6.45) is 0. The van der Waals surface area contributed by atoms with Crippen LogP contribution in [0.5, 0.6) is 0 Å². The third-order valence-corrected chi connectivity index (χ3v) is 1.90. The van der Waals surface area contributed by atoms with Crippen LogP contribution in [0.3, 0.4) is 0 Å². The van der Waals surface area contributed by atoms with Gasteiger partial charge in [-0.2, -0.15) is 4.47 Å². The lowest BCUT2D eigenvalue weighted by atomic mass is 10.3. The zero-order valence-electron chi connectivity index (χ0n) is 5.67. The van der Waals surface area contributed by atoms with Gasteiger partial charge >= 0.3 is 0 Å². The Morgan fingerprint density at radius 3 is 2.58 bits per heavy atom. The molecule has 0 fully saturated rings. The summed E-state index contributed by atoms with van der Waals surface area (Å²) in [5.74, 6) is -1.57. The third-order valence-electron chi connectivity index (χ3n) is 1.18. The molecule has 1 aromatic rings. The van der Waals surface area contributed by atoms with Gasteiger partial charge in [-0.1, -0.05) is 0 Å². The molecule has 0 aromatic heterocycles. The molecule has 0 unspecified atom stereocenters. The van der Waals surface area contributed by atoms with Gasteiger partial charge in [-0.05, 0) is 22.8 Å². The molecule has 66 valence electrons. The van der Waals surface area contributed by atoms with Gasteiger partial charge in [-0.15, -0.1) is 0 Å². The summed E-state index contributed by atoms with van der Waals surface area (Å²) in [6.45, 7) is 0. The van der Waals surface area contributed by atoms with Gasteiger partial charge in [0.25, 0.3) is 0 Å². The Kier molecular flexibility index (Phi) is 3.13. The molecule has 0 aliphatic heterocycles. The molecule has 1 rings (SSSR count). The van der Waals surface area contributed by atoms with E-state index in [0.29, 0.717) is 21.7 Å². The lowest BCUT2D eigenvalue weighted by Gasteiger charge is -2.10. The van der Waals surface area contributed by atoms with E-state index in [1.165, 1.54) is 0 Å². The fourth-order valence-electron chi connectivity index (χ4n) is 0.674. The minimum atomic E-state index is -0.870. The standard InChI is InChI=1S/C6H4ClF2NOS/c7-12-10(11)6-2-1-4(8)3-5(6)9/h1-3,11H. The smallest absolute Gasteiger partial charge is 0.152 e. The first-order chi connectivity index (χ1) is 5.65. The van der Waals surface area contributed by atoms with Crippen molar-refractivity contribution in [2.24, 2.45) is 0 Å². The van der Waals surface area contributed by atoms with Gasteiger partial charge in [-0.25, -0.2) is 8.78 Å². The largest absolute Gasteiger partial charge is 0.276 e. The van der Waals surface area contributed by atoms with Crippen molar-refractivity contribution in [2.45, 2.75) is 0 Å². The average Bonchev–Trinajstić information content (AvgIpc) is 2.03. The van der Waals surface area contributed by atoms with Crippen LogP contribution >= 0.6 is 21.8 Å². The Labute approximate surface area is 76.3 Å². The second-order valence-electron chi connectivity index (χ2n) is 1.94. The van der Waals surface area contributed by atoms with Crippen molar-refractivity contribution >= 4 is 27.5 Å². The first-order valence-electron chi connectivity index (χ1n) is 2.88. The van der Waals surface area contributed by atoms with Gasteiger partial charge < -0.3 is 0 Å². The number of rotatable bonds is 2. The van der Waals surface area contributed by atoms with E-state index in [-0.39, 0.29) is 5.69 Å². The number of halogens is 3. The molecule has 6 heteroatoms. The van der Waals surface area contributed by atoms with E-state index in [4.69, 9.17) is 15.9 Å². The number of hydrogen-bond donors (Lipinski definition) is 1. The summed E-state index contributed by atoms with van der Waals surface area (Å²) in [4.78, 5) is 0. The van der Waals surface area contributed by atoms with Gasteiger partial charge in [0.05, 0.1) is 11.2 Å². The van der Waals surface area contributed by atoms with Crippen LogP contribution in [0.2, 0.25) is 0 Å². The fraction of sp³-hybridized carbons (Fsp3) is 0. The maximum Gasteiger partial charge on any atom is 0.152 e. The monoisotopic (exact) mass is 211 g/mol. The first kappa shape index (κ1) is 9.57. The second kappa shape index (κ2) is 3.93. The van der Waals surface area contributed by atoms with E-state index in [9.17, 15) is 8.78 Å². The normalized spacial score (nSPS) is 10.0. The Balaban J connectivity index is 3.01. The van der Waals surface area contributed by atoms with Crippen LogP contribution in [-0.4, -0.2) is 5.21 Å². The topological polar surface area (TPSA) is 23.5 Å². The molecule has 0 saturated carbocycles. The molecule has 0 saturated heterocycles. The maximum atomic E-state index is 12.8. The predicted molar refractivity (Wildman–Crippen MR) is 44.1 cm³/mol. The number of anilines is 1. The van der Waals surface area contributed by atoms with Gasteiger partial charge in [0.15, 0.2) is 5.82 Å². The quantitative estimate of drug-likeness (QED) is 0.601. The summed E-state index contributed by atoms with van der Waals surface area (Å²) in [5, 5.41) is 8.90. The van der Waals surface area contributed by atoms with Crippen molar-refractivity contribution in [1.29, 1.82) is 0 Å². The van der Waals surface area contributed by atoms with Crippen molar-refractivity contribution in [2.75, 3.05) is 4.47 Å². The molecule has 0 radical (unpaired) electrons. The summed E-state index contributed by atoms with van der Waals surface area (Å²) in [6, 6.07) is 2.76. The molecule has 1 N–H and O–H groups in total. The maximum absolute atomic E-state index is 12.8. The molecule has 0 spiro atoms. The van der Waals surface area contributed by atoms with Crippen molar-refractivity contribution in [1.82, 2.24) is 0 Å². The zero-order valence-corrected chi connectivity index (χ0v) is 7.24. The molecular weight excluding hydrogens is 208 g/mol. The van der Waals surface area contributed by atoms with Crippen LogP contribution in [-0.2, 0) is 0 Å². The van der Waals surface area contributed by atoms with E-state index >= 15 is 0 Å². The highest BCUT2D eigenvalue weighted by molar-refractivity contribution is 8.21. The van der Waals surface area contributed by atoms with Gasteiger partial charge in [0, 0.05) is 6.07 Å². The summed E-state index contributed by atoms with van der Waals surface area (Å²) < 4.78 is 25.5. The van der Waals surface area contributed by atoms with Gasteiger partial charge in [0.2, 0.25) is 0 Å². The Bertz CT molecular complexity index is 286. The zero-order chi connectivity index (χ0) is 9.14. The lowest BCUT2D eigenvalue weighted by Crippen LogP contribution is -2.06. The molecule has 1 aromatic carbocycles. The molecule has 0 amide bonds. The molecule has 0 bridgehead atoms. The number of nitrogens with zero attached hydrogens (tertiary/aromatic N) is 1. The van der Waals surface area contributed by atoms with Crippen LogP contribution in [0.1, 0.15) is 0 Å². The minimum absolute atomic E-state index is 0.184. The highest BCUT2D eigenvalue weighted by atomic mass is 35.7. The molecule has 0 aliphatic carbocycles. The molecule has 2 nitrogen and oxygen atoms in total. The van der Waals surface area contributed by atoms with Crippen molar-refractivity contribution in [3.63, 3.8) is 0 Å². The van der Waals surface area contributed by atoms with E-state index in [1.807, 2.05) is 0 Å². The van der Waals surface area contributed by atoms with Gasteiger partial charge in [-0.3, -0.25) is 5.21 Å². The Hall–Kier alpha value is -0.520. The summed E-state index contributed by atoms with van der Waals surface area (Å²) >= 11 is 0.397. The van der Waals surface area contributed by atoms with Crippen molar-refractivity contribution in [3.8, 4) is 0 Å². The third kappa shape index (κ3) is 2.00. The first-order valence-corrected chi connectivity index (χ1v) is 4.48. The molecule has 0 atom stereocenters. The summed E-state index contributed by atoms with van der Waals surface area (Å²) in [5.41, 5.74) is -0.184. The molecule has 12 heavy (non-hydrogen) atoms. The molecular formula is C6H4ClF2NOS. The van der Waals surface area contributed by atoms with E-state index in [2.05, 4.69) is 0 Å². The Morgan fingerprint density at radius 1 is 1.42 bits per heavy atom. The highest BCUT2D eigenvalue weighted by Gasteiger charge is 2.09. The highest BCUT2D eigenvalue weighted by Crippen LogP contribution is 2.25. The predicted octanol–water partition coefficient (Wildman–Crippen LogP) is 2.96. The summed E-state index contributed by atoms with van der Waals surface area (Å²) in [7, 11) is 5.13. The SMILES string of the molecule is ON(SCl)c1ccc(F)cc1F. The lowest BCUT2D eigenvalue weighted by molar-refractivity contribution is 0.328. The number of hydrogen-bond acceptors (Lipinski definition) is 3. The van der Waals surface area contributed by atoms with Crippen LogP contribution in [0.4, 0.5) is 14.5 Å². The van der Waals surface area contributed by atoms with E-state index in [0.717, 1.165) is 12.1 Å². The van der Waals surface area contributed by atoms with Crippen LogP contribution < -0.4 is 4.47 Å². The van der Waals surface area contributed by atoms with E-state index < -0.39 is 11.6 Å². The number of benzene rings is 1.